The first-order chi connectivity index (χ1) is 23.7. The number of anilines is 2. The Balaban J connectivity index is 1.91. The molecule has 0 unspecified atom stereocenters. The molecule has 0 aliphatic rings. The normalized spacial score (nSPS) is 11.2. The summed E-state index contributed by atoms with van der Waals surface area (Å²) in [5, 5.41) is 6.02. The number of rotatable bonds is 36. The van der Waals surface area contributed by atoms with E-state index in [0.717, 1.165) is 37.1 Å². The molecule has 0 heterocycles. The predicted octanol–water partition coefficient (Wildman–Crippen LogP) is 14.9. The molecule has 0 atom stereocenters. The quantitative estimate of drug-likeness (QED) is 0.0699. The van der Waals surface area contributed by atoms with Crippen LogP contribution in [0.1, 0.15) is 232 Å². The molecule has 0 bridgehead atoms. The number of hydrogen-bond donors (Lipinski definition) is 2. The first-order valence-corrected chi connectivity index (χ1v) is 21.4. The maximum absolute atomic E-state index is 12.4. The fraction of sp³-hybridized carbons (Fsp3) is 0.818. The van der Waals surface area contributed by atoms with Crippen LogP contribution in [0.2, 0.25) is 0 Å². The van der Waals surface area contributed by atoms with Crippen molar-refractivity contribution in [1.82, 2.24) is 0 Å². The highest BCUT2D eigenvalue weighted by molar-refractivity contribution is 5.92. The van der Waals surface area contributed by atoms with E-state index in [-0.39, 0.29) is 11.8 Å². The highest BCUT2D eigenvalue weighted by Gasteiger charge is 2.05. The van der Waals surface area contributed by atoms with Crippen molar-refractivity contribution in [2.75, 3.05) is 10.6 Å². The van der Waals surface area contributed by atoms with E-state index in [2.05, 4.69) is 24.5 Å². The van der Waals surface area contributed by atoms with Gasteiger partial charge in [-0.2, -0.15) is 0 Å². The van der Waals surface area contributed by atoms with Crippen molar-refractivity contribution in [1.29, 1.82) is 0 Å². The Labute approximate surface area is 299 Å². The van der Waals surface area contributed by atoms with Gasteiger partial charge in [-0.1, -0.05) is 206 Å². The fourth-order valence-electron chi connectivity index (χ4n) is 6.75. The molecule has 0 aromatic heterocycles. The zero-order chi connectivity index (χ0) is 34.6. The predicted molar refractivity (Wildman–Crippen MR) is 212 cm³/mol. The third-order valence-electron chi connectivity index (χ3n) is 9.97. The van der Waals surface area contributed by atoms with Gasteiger partial charge in [0.15, 0.2) is 0 Å². The van der Waals surface area contributed by atoms with E-state index < -0.39 is 0 Å². The van der Waals surface area contributed by atoms with E-state index in [1.807, 2.05) is 24.3 Å². The first-order valence-electron chi connectivity index (χ1n) is 21.4. The lowest BCUT2D eigenvalue weighted by Crippen LogP contribution is -2.12. The van der Waals surface area contributed by atoms with Gasteiger partial charge in [0.25, 0.3) is 0 Å². The third-order valence-corrected chi connectivity index (χ3v) is 9.97. The molecule has 1 rings (SSSR count). The number of benzene rings is 1. The molecule has 1 aromatic carbocycles. The summed E-state index contributed by atoms with van der Waals surface area (Å²) in [6, 6.07) is 7.54. The number of carbonyl (C=O) groups excluding carboxylic acids is 2. The minimum absolute atomic E-state index is 0.0839. The molecule has 1 aromatic rings. The number of hydrogen-bond acceptors (Lipinski definition) is 2. The topological polar surface area (TPSA) is 58.2 Å². The summed E-state index contributed by atoms with van der Waals surface area (Å²) in [5.74, 6) is 0.168. The van der Waals surface area contributed by atoms with E-state index in [4.69, 9.17) is 0 Å². The summed E-state index contributed by atoms with van der Waals surface area (Å²) in [4.78, 5) is 24.7. The van der Waals surface area contributed by atoms with E-state index in [1.54, 1.807) is 0 Å². The molecule has 0 saturated heterocycles. The van der Waals surface area contributed by atoms with Gasteiger partial charge in [0.1, 0.15) is 0 Å². The number of carbonyl (C=O) groups is 2. The van der Waals surface area contributed by atoms with Gasteiger partial charge in [-0.3, -0.25) is 9.59 Å². The highest BCUT2D eigenvalue weighted by Crippen LogP contribution is 2.18. The van der Waals surface area contributed by atoms with E-state index in [9.17, 15) is 9.59 Å². The summed E-state index contributed by atoms with van der Waals surface area (Å²) < 4.78 is 0. The summed E-state index contributed by atoms with van der Waals surface area (Å²) >= 11 is 0. The van der Waals surface area contributed by atoms with Gasteiger partial charge in [0.2, 0.25) is 11.8 Å². The van der Waals surface area contributed by atoms with Gasteiger partial charge in [-0.05, 0) is 37.1 Å². The molecule has 48 heavy (non-hydrogen) atoms. The van der Waals surface area contributed by atoms with Crippen LogP contribution in [-0.4, -0.2) is 11.8 Å². The number of nitrogens with one attached hydrogen (secondary N) is 2. The summed E-state index contributed by atoms with van der Waals surface area (Å²) in [6.45, 7) is 4.57. The van der Waals surface area contributed by atoms with Gasteiger partial charge in [-0.25, -0.2) is 0 Å². The fourth-order valence-corrected chi connectivity index (χ4v) is 6.75. The van der Waals surface area contributed by atoms with Crippen LogP contribution in [-0.2, 0) is 9.59 Å². The second-order valence-electron chi connectivity index (χ2n) is 14.8. The minimum atomic E-state index is 0.0839. The van der Waals surface area contributed by atoms with E-state index in [0.29, 0.717) is 12.8 Å². The smallest absolute Gasteiger partial charge is 0.224 e. The van der Waals surface area contributed by atoms with Gasteiger partial charge >= 0.3 is 0 Å². The van der Waals surface area contributed by atoms with Crippen LogP contribution in [0.4, 0.5) is 11.4 Å². The van der Waals surface area contributed by atoms with Crippen LogP contribution in [0, 0.1) is 0 Å². The lowest BCUT2D eigenvalue weighted by Gasteiger charge is -2.08. The lowest BCUT2D eigenvalue weighted by atomic mass is 10.0. The maximum Gasteiger partial charge on any atom is 0.224 e. The molecule has 0 aliphatic heterocycles. The molecule has 0 fully saturated rings. The molecular formula is C44H80N2O2. The molecule has 0 radical (unpaired) electrons. The van der Waals surface area contributed by atoms with E-state index >= 15 is 0 Å². The molecule has 2 N–H and O–H groups in total. The molecular weight excluding hydrogens is 588 g/mol. The molecule has 0 saturated carbocycles. The van der Waals surface area contributed by atoms with Crippen LogP contribution < -0.4 is 10.6 Å². The second-order valence-corrected chi connectivity index (χ2v) is 14.8. The first kappa shape index (κ1) is 44.2. The zero-order valence-electron chi connectivity index (χ0n) is 32.2. The van der Waals surface area contributed by atoms with Gasteiger partial charge < -0.3 is 10.6 Å². The average molecular weight is 669 g/mol. The van der Waals surface area contributed by atoms with Crippen molar-refractivity contribution in [2.24, 2.45) is 0 Å². The zero-order valence-corrected chi connectivity index (χ0v) is 32.2. The Morgan fingerprint density at radius 1 is 0.333 bits per heavy atom. The standard InChI is InChI=1S/C44H80N2O2/c1-3-5-7-9-11-13-15-17-19-21-23-25-27-29-31-33-35-43(47)45-41-37-39-42(40-38-41)46-44(48)36-34-32-30-28-26-24-22-20-18-16-14-12-10-8-6-4-2/h37-40H,3-36H2,1-2H3,(H,45,47)(H,46,48). The Bertz CT molecular complexity index is 768. The van der Waals surface area contributed by atoms with Crippen LogP contribution in [0.15, 0.2) is 24.3 Å². The number of amides is 2. The van der Waals surface area contributed by atoms with Crippen molar-refractivity contribution in [3.05, 3.63) is 24.3 Å². The monoisotopic (exact) mass is 669 g/mol. The number of unbranched alkanes of at least 4 members (excludes halogenated alkanes) is 30. The van der Waals surface area contributed by atoms with Gasteiger partial charge in [-0.15, -0.1) is 0 Å². The Morgan fingerprint density at radius 3 is 0.729 bits per heavy atom. The summed E-state index contributed by atoms with van der Waals surface area (Å²) in [7, 11) is 0. The van der Waals surface area contributed by atoms with Crippen molar-refractivity contribution in [3.8, 4) is 0 Å². The maximum atomic E-state index is 12.4. The van der Waals surface area contributed by atoms with Gasteiger partial charge in [0.05, 0.1) is 0 Å². The van der Waals surface area contributed by atoms with Crippen LogP contribution in [0.3, 0.4) is 0 Å². The largest absolute Gasteiger partial charge is 0.326 e. The van der Waals surface area contributed by atoms with Crippen molar-refractivity contribution in [3.63, 3.8) is 0 Å². The molecule has 2 amide bonds. The van der Waals surface area contributed by atoms with Crippen LogP contribution in [0.25, 0.3) is 0 Å². The van der Waals surface area contributed by atoms with Crippen molar-refractivity contribution < 1.29 is 9.59 Å². The SMILES string of the molecule is CCCCCCCCCCCCCCCCCCC(=O)Nc1ccc(NC(=O)CCCCCCCCCCCCCCCCCC)cc1. The van der Waals surface area contributed by atoms with Crippen LogP contribution in [0.5, 0.6) is 0 Å². The molecule has 4 heteroatoms. The molecule has 4 nitrogen and oxygen atoms in total. The lowest BCUT2D eigenvalue weighted by molar-refractivity contribution is -0.117. The average Bonchev–Trinajstić information content (AvgIpc) is 3.08. The Hall–Kier alpha value is -1.84. The molecule has 278 valence electrons. The third kappa shape index (κ3) is 30.2. The van der Waals surface area contributed by atoms with E-state index in [1.165, 1.54) is 180 Å². The Morgan fingerprint density at radius 2 is 0.521 bits per heavy atom. The second kappa shape index (κ2) is 35.0. The molecule has 0 spiro atoms. The minimum Gasteiger partial charge on any atom is -0.326 e. The van der Waals surface area contributed by atoms with Crippen LogP contribution >= 0.6 is 0 Å². The highest BCUT2D eigenvalue weighted by atomic mass is 16.2. The van der Waals surface area contributed by atoms with Crippen molar-refractivity contribution in [2.45, 2.75) is 232 Å². The van der Waals surface area contributed by atoms with Gasteiger partial charge in [0, 0.05) is 24.2 Å². The van der Waals surface area contributed by atoms with Crippen molar-refractivity contribution >= 4 is 23.2 Å². The summed E-state index contributed by atoms with van der Waals surface area (Å²) in [6.07, 6.45) is 44.0. The Kier molecular flexibility index (Phi) is 32.2. The molecule has 0 aliphatic carbocycles. The summed E-state index contributed by atoms with van der Waals surface area (Å²) in [5.41, 5.74) is 1.60.